The molecule has 2 aromatic carbocycles. The molecule has 1 heterocycles. The number of hydrogen-bond donors (Lipinski definition) is 4. The van der Waals surface area contributed by atoms with E-state index >= 15 is 0 Å². The first-order chi connectivity index (χ1) is 13.5. The highest BCUT2D eigenvalue weighted by atomic mass is 35.5. The lowest BCUT2D eigenvalue weighted by atomic mass is 10.3. The summed E-state index contributed by atoms with van der Waals surface area (Å²) in [6.07, 6.45) is -0.906. The number of halogens is 1. The van der Waals surface area contributed by atoms with Gasteiger partial charge in [-0.1, -0.05) is 35.9 Å². The number of imidazole rings is 1. The van der Waals surface area contributed by atoms with Crippen LogP contribution in [0.1, 0.15) is 12.7 Å². The van der Waals surface area contributed by atoms with Gasteiger partial charge in [-0.25, -0.2) is 4.98 Å². The number of H-pyrrole nitrogens is 1. The van der Waals surface area contributed by atoms with Gasteiger partial charge in [-0.15, -0.1) is 0 Å². The predicted octanol–water partition coefficient (Wildman–Crippen LogP) is 2.25. The van der Waals surface area contributed by atoms with Gasteiger partial charge in [-0.05, 0) is 31.2 Å². The summed E-state index contributed by atoms with van der Waals surface area (Å²) in [6, 6.07) is 14.7. The molecule has 0 aliphatic heterocycles. The molecule has 2 atom stereocenters. The average Bonchev–Trinajstić information content (AvgIpc) is 3.07. The molecule has 28 heavy (non-hydrogen) atoms. The minimum absolute atomic E-state index is 0.0936. The fourth-order valence-corrected chi connectivity index (χ4v) is 2.89. The second-order valence-corrected chi connectivity index (χ2v) is 6.88. The number of carbonyl (C=O) groups excluding carboxylic acids is 1. The van der Waals surface area contributed by atoms with Crippen LogP contribution in [0.4, 0.5) is 0 Å². The molecular weight excluding hydrogens is 380 g/mol. The Hall–Kier alpha value is -2.61. The molecule has 0 saturated carbocycles. The summed E-state index contributed by atoms with van der Waals surface area (Å²) in [6.45, 7) is 2.16. The molecule has 1 aromatic heterocycles. The molecular formula is C20H23ClN4O3. The number of amides is 1. The third-order valence-electron chi connectivity index (χ3n) is 4.07. The number of aromatic amines is 1. The molecule has 3 aromatic rings. The number of fused-ring (bicyclic) bond motifs is 1. The lowest BCUT2D eigenvalue weighted by Gasteiger charge is -2.19. The summed E-state index contributed by atoms with van der Waals surface area (Å²) in [5.74, 6) is 0.968. The number of benzene rings is 2. The van der Waals surface area contributed by atoms with Crippen LogP contribution >= 0.6 is 11.6 Å². The quantitative estimate of drug-likeness (QED) is 0.411. The van der Waals surface area contributed by atoms with Crippen LogP contribution in [-0.2, 0) is 11.2 Å². The summed E-state index contributed by atoms with van der Waals surface area (Å²) in [5.41, 5.74) is 1.73. The molecule has 0 spiro atoms. The van der Waals surface area contributed by atoms with Gasteiger partial charge in [-0.3, -0.25) is 10.1 Å². The minimum atomic E-state index is -0.744. The van der Waals surface area contributed by atoms with Crippen molar-refractivity contribution in [2.24, 2.45) is 0 Å². The molecule has 0 radical (unpaired) electrons. The van der Waals surface area contributed by atoms with Crippen LogP contribution in [0, 0.1) is 0 Å². The van der Waals surface area contributed by atoms with E-state index in [1.807, 2.05) is 36.4 Å². The van der Waals surface area contributed by atoms with E-state index in [4.69, 9.17) is 16.3 Å². The van der Waals surface area contributed by atoms with Crippen LogP contribution in [0.3, 0.4) is 0 Å². The van der Waals surface area contributed by atoms with Crippen molar-refractivity contribution in [3.05, 3.63) is 59.4 Å². The molecule has 0 bridgehead atoms. The fraction of sp³-hybridized carbons (Fsp3) is 0.300. The first-order valence-corrected chi connectivity index (χ1v) is 9.41. The molecule has 1 amide bonds. The van der Waals surface area contributed by atoms with Crippen LogP contribution in [-0.4, -0.2) is 46.4 Å². The molecule has 0 fully saturated rings. The van der Waals surface area contributed by atoms with Crippen molar-refractivity contribution < 1.29 is 14.6 Å². The second-order valence-electron chi connectivity index (χ2n) is 6.47. The number of aliphatic hydroxyl groups excluding tert-OH is 1. The van der Waals surface area contributed by atoms with Crippen molar-refractivity contribution in [2.75, 3.05) is 13.2 Å². The van der Waals surface area contributed by atoms with E-state index in [9.17, 15) is 9.90 Å². The smallest absolute Gasteiger partial charge is 0.228 e. The molecule has 0 aliphatic rings. The van der Waals surface area contributed by atoms with E-state index in [0.717, 1.165) is 11.0 Å². The third-order valence-corrected chi connectivity index (χ3v) is 4.38. The Labute approximate surface area is 168 Å². The average molecular weight is 403 g/mol. The number of para-hydroxylation sites is 3. The Bertz CT molecular complexity index is 897. The molecule has 148 valence electrons. The summed E-state index contributed by atoms with van der Waals surface area (Å²) < 4.78 is 5.50. The number of aromatic nitrogens is 2. The zero-order chi connectivity index (χ0) is 19.9. The maximum absolute atomic E-state index is 12.2. The lowest BCUT2D eigenvalue weighted by Crippen LogP contribution is -2.47. The predicted molar refractivity (Wildman–Crippen MR) is 108 cm³/mol. The van der Waals surface area contributed by atoms with Crippen LogP contribution in [0.25, 0.3) is 11.0 Å². The van der Waals surface area contributed by atoms with Crippen LogP contribution in [0.15, 0.2) is 48.5 Å². The first-order valence-electron chi connectivity index (χ1n) is 9.03. The van der Waals surface area contributed by atoms with Crippen molar-refractivity contribution in [3.63, 3.8) is 0 Å². The summed E-state index contributed by atoms with van der Waals surface area (Å²) in [7, 11) is 0. The van der Waals surface area contributed by atoms with Gasteiger partial charge < -0.3 is 20.1 Å². The monoisotopic (exact) mass is 402 g/mol. The van der Waals surface area contributed by atoms with Crippen molar-refractivity contribution in [2.45, 2.75) is 25.6 Å². The molecule has 7 nitrogen and oxygen atoms in total. The number of aliphatic hydroxyl groups is 1. The molecule has 3 rings (SSSR count). The molecule has 8 heteroatoms. The van der Waals surface area contributed by atoms with E-state index in [1.165, 1.54) is 0 Å². The van der Waals surface area contributed by atoms with Gasteiger partial charge in [0.2, 0.25) is 5.91 Å². The SMILES string of the molecule is CC(NCC(O)COc1ccccc1Cl)NC(=O)Cc1nc2ccccc2[nH]1. The molecule has 2 unspecified atom stereocenters. The topological polar surface area (TPSA) is 99.3 Å². The Balaban J connectivity index is 1.39. The summed E-state index contributed by atoms with van der Waals surface area (Å²) in [4.78, 5) is 19.7. The number of carbonyl (C=O) groups is 1. The minimum Gasteiger partial charge on any atom is -0.489 e. The molecule has 4 N–H and O–H groups in total. The van der Waals surface area contributed by atoms with Crippen LogP contribution in [0.2, 0.25) is 5.02 Å². The third kappa shape index (κ3) is 5.69. The van der Waals surface area contributed by atoms with Gasteiger partial charge in [0, 0.05) is 6.54 Å². The van der Waals surface area contributed by atoms with E-state index in [2.05, 4.69) is 20.6 Å². The van der Waals surface area contributed by atoms with E-state index in [1.54, 1.807) is 19.1 Å². The Morgan fingerprint density at radius 2 is 2.00 bits per heavy atom. The van der Waals surface area contributed by atoms with Gasteiger partial charge in [-0.2, -0.15) is 0 Å². The van der Waals surface area contributed by atoms with E-state index in [0.29, 0.717) is 16.6 Å². The summed E-state index contributed by atoms with van der Waals surface area (Å²) in [5, 5.41) is 16.4. The highest BCUT2D eigenvalue weighted by Crippen LogP contribution is 2.23. The standard InChI is InChI=1S/C20H23ClN4O3/c1-13(22-11-14(26)12-28-18-9-5-2-6-15(18)21)23-20(27)10-19-24-16-7-3-4-8-17(16)25-19/h2-9,13-14,22,26H,10-12H2,1H3,(H,23,27)(H,24,25). The van der Waals surface area contributed by atoms with Crippen molar-refractivity contribution >= 4 is 28.5 Å². The number of rotatable bonds is 9. The van der Waals surface area contributed by atoms with Gasteiger partial charge in [0.1, 0.15) is 24.3 Å². The van der Waals surface area contributed by atoms with Gasteiger partial charge in [0.15, 0.2) is 0 Å². The maximum Gasteiger partial charge on any atom is 0.228 e. The first kappa shape index (κ1) is 20.1. The van der Waals surface area contributed by atoms with Gasteiger partial charge in [0.05, 0.1) is 28.6 Å². The summed E-state index contributed by atoms with van der Waals surface area (Å²) >= 11 is 6.01. The number of nitrogens with one attached hydrogen (secondary N) is 3. The lowest BCUT2D eigenvalue weighted by molar-refractivity contribution is -0.121. The van der Waals surface area contributed by atoms with Crippen molar-refractivity contribution in [1.29, 1.82) is 0 Å². The van der Waals surface area contributed by atoms with Crippen LogP contribution in [0.5, 0.6) is 5.75 Å². The zero-order valence-corrected chi connectivity index (χ0v) is 16.2. The van der Waals surface area contributed by atoms with Crippen molar-refractivity contribution in [3.8, 4) is 5.75 Å². The largest absolute Gasteiger partial charge is 0.489 e. The highest BCUT2D eigenvalue weighted by Gasteiger charge is 2.13. The zero-order valence-electron chi connectivity index (χ0n) is 15.5. The van der Waals surface area contributed by atoms with E-state index < -0.39 is 6.10 Å². The van der Waals surface area contributed by atoms with Gasteiger partial charge in [0.25, 0.3) is 0 Å². The second kappa shape index (κ2) is 9.54. The molecule has 0 saturated heterocycles. The van der Waals surface area contributed by atoms with Crippen LogP contribution < -0.4 is 15.4 Å². The van der Waals surface area contributed by atoms with Gasteiger partial charge >= 0.3 is 0 Å². The Kier molecular flexibility index (Phi) is 6.86. The normalized spacial score (nSPS) is 13.2. The number of hydrogen-bond acceptors (Lipinski definition) is 5. The number of nitrogens with zero attached hydrogens (tertiary/aromatic N) is 1. The maximum atomic E-state index is 12.2. The van der Waals surface area contributed by atoms with Crippen molar-refractivity contribution in [1.82, 2.24) is 20.6 Å². The Morgan fingerprint density at radius 1 is 1.25 bits per heavy atom. The number of ether oxygens (including phenoxy) is 1. The highest BCUT2D eigenvalue weighted by molar-refractivity contribution is 6.32. The Morgan fingerprint density at radius 3 is 2.79 bits per heavy atom. The fourth-order valence-electron chi connectivity index (χ4n) is 2.70. The van der Waals surface area contributed by atoms with E-state index in [-0.39, 0.29) is 31.6 Å². The molecule has 0 aliphatic carbocycles.